The summed E-state index contributed by atoms with van der Waals surface area (Å²) in [5, 5.41) is 6.23. The van der Waals surface area contributed by atoms with Crippen molar-refractivity contribution in [2.24, 2.45) is 0 Å². The maximum absolute atomic E-state index is 12.9. The number of fused-ring (bicyclic) bond motifs is 4. The third-order valence-corrected chi connectivity index (χ3v) is 6.97. The Balaban J connectivity index is 1.20. The molecule has 5 rings (SSSR count). The largest absolute Gasteiger partial charge is 0.467 e. The van der Waals surface area contributed by atoms with Gasteiger partial charge in [-0.2, -0.15) is 0 Å². The van der Waals surface area contributed by atoms with Crippen LogP contribution in [0.1, 0.15) is 29.5 Å². The number of hydrogen-bond donors (Lipinski definition) is 3. The topological polar surface area (TPSA) is 110 Å². The maximum Gasteiger partial charge on any atom is 0.407 e. The summed E-state index contributed by atoms with van der Waals surface area (Å²) in [6.45, 7) is 1.68. The van der Waals surface area contributed by atoms with Gasteiger partial charge in [0.2, 0.25) is 5.91 Å². The zero-order valence-corrected chi connectivity index (χ0v) is 21.2. The highest BCUT2D eigenvalue weighted by Crippen LogP contribution is 2.44. The van der Waals surface area contributed by atoms with Gasteiger partial charge in [-0.05, 0) is 40.8 Å². The number of para-hydroxylation sites is 1. The first kappa shape index (κ1) is 25.1. The average molecular weight is 512 g/mol. The Morgan fingerprint density at radius 3 is 2.21 bits per heavy atom. The Morgan fingerprint density at radius 1 is 0.895 bits per heavy atom. The standard InChI is InChI=1S/C30H29N3O5/c1-18(28(34)33-27(29(35)37-2)15-19-16-31-26-14-8-7-9-20(19)26)32-30(36)38-17-25-23-12-5-3-10-21(23)22-11-4-6-13-24(22)25/h3-14,16,18,25,27,31H,15,17H2,1-2H3,(H,32,36)(H,33,34)/t18?,27-/m0/s1. The van der Waals surface area contributed by atoms with Crippen LogP contribution in [0.25, 0.3) is 22.0 Å². The minimum Gasteiger partial charge on any atom is -0.467 e. The number of hydrogen-bond acceptors (Lipinski definition) is 5. The lowest BCUT2D eigenvalue weighted by atomic mass is 9.98. The summed E-state index contributed by atoms with van der Waals surface area (Å²) in [6.07, 6.45) is 1.34. The molecule has 2 atom stereocenters. The van der Waals surface area contributed by atoms with Crippen LogP contribution in [0.15, 0.2) is 79.0 Å². The molecule has 1 unspecified atom stereocenters. The number of amides is 2. The van der Waals surface area contributed by atoms with Crippen molar-refractivity contribution in [2.75, 3.05) is 13.7 Å². The van der Waals surface area contributed by atoms with Crippen LogP contribution in [0.3, 0.4) is 0 Å². The number of carbonyl (C=O) groups is 3. The number of alkyl carbamates (subject to hydrolysis) is 1. The first-order valence-corrected chi connectivity index (χ1v) is 12.5. The Kier molecular flexibility index (Phi) is 7.13. The maximum atomic E-state index is 12.9. The van der Waals surface area contributed by atoms with E-state index in [9.17, 15) is 14.4 Å². The molecule has 2 amide bonds. The minimum atomic E-state index is -0.930. The lowest BCUT2D eigenvalue weighted by Gasteiger charge is -2.20. The van der Waals surface area contributed by atoms with Crippen LogP contribution in [-0.2, 0) is 25.5 Å². The second kappa shape index (κ2) is 10.8. The predicted octanol–water partition coefficient (Wildman–Crippen LogP) is 4.30. The van der Waals surface area contributed by atoms with Crippen LogP contribution in [0.5, 0.6) is 0 Å². The van der Waals surface area contributed by atoms with Gasteiger partial charge in [0.05, 0.1) is 7.11 Å². The van der Waals surface area contributed by atoms with Gasteiger partial charge in [0, 0.05) is 29.4 Å². The van der Waals surface area contributed by atoms with Gasteiger partial charge in [-0.25, -0.2) is 9.59 Å². The third kappa shape index (κ3) is 4.98. The van der Waals surface area contributed by atoms with Crippen LogP contribution >= 0.6 is 0 Å². The normalized spacial score (nSPS) is 13.7. The number of methoxy groups -OCH3 is 1. The first-order chi connectivity index (χ1) is 18.5. The van der Waals surface area contributed by atoms with Gasteiger partial charge in [-0.3, -0.25) is 4.79 Å². The van der Waals surface area contributed by atoms with Gasteiger partial charge in [0.1, 0.15) is 18.7 Å². The fourth-order valence-electron chi connectivity index (χ4n) is 5.04. The molecule has 38 heavy (non-hydrogen) atoms. The summed E-state index contributed by atoms with van der Waals surface area (Å²) in [4.78, 5) is 41.1. The number of aromatic nitrogens is 1. The highest BCUT2D eigenvalue weighted by molar-refractivity contribution is 5.90. The molecule has 0 radical (unpaired) electrons. The van der Waals surface area contributed by atoms with Crippen molar-refractivity contribution in [1.82, 2.24) is 15.6 Å². The van der Waals surface area contributed by atoms with Crippen molar-refractivity contribution in [3.05, 3.63) is 95.7 Å². The Labute approximate surface area is 220 Å². The molecule has 0 saturated carbocycles. The van der Waals surface area contributed by atoms with Crippen molar-refractivity contribution in [3.63, 3.8) is 0 Å². The van der Waals surface area contributed by atoms with E-state index in [4.69, 9.17) is 9.47 Å². The molecule has 3 aromatic carbocycles. The van der Waals surface area contributed by atoms with Gasteiger partial charge in [-0.15, -0.1) is 0 Å². The van der Waals surface area contributed by atoms with Crippen molar-refractivity contribution in [1.29, 1.82) is 0 Å². The molecule has 194 valence electrons. The van der Waals surface area contributed by atoms with Gasteiger partial charge in [0.25, 0.3) is 0 Å². The summed E-state index contributed by atoms with van der Waals surface area (Å²) in [6, 6.07) is 22.0. The molecule has 0 fully saturated rings. The van der Waals surface area contributed by atoms with E-state index >= 15 is 0 Å². The number of rotatable bonds is 8. The Bertz CT molecular complexity index is 1450. The number of nitrogens with one attached hydrogen (secondary N) is 3. The summed E-state index contributed by atoms with van der Waals surface area (Å²) in [7, 11) is 1.27. The van der Waals surface area contributed by atoms with Crippen molar-refractivity contribution >= 4 is 28.9 Å². The fraction of sp³-hybridized carbons (Fsp3) is 0.233. The van der Waals surface area contributed by atoms with Gasteiger partial charge >= 0.3 is 12.1 Å². The smallest absolute Gasteiger partial charge is 0.407 e. The number of benzene rings is 3. The SMILES string of the molecule is COC(=O)[C@H](Cc1c[nH]c2ccccc12)NC(=O)C(C)NC(=O)OCC1c2ccccc2-c2ccccc21. The average Bonchev–Trinajstić information content (AvgIpc) is 3.50. The number of H-pyrrole nitrogens is 1. The number of ether oxygens (including phenoxy) is 2. The van der Waals surface area contributed by atoms with Crippen LogP contribution in [0, 0.1) is 0 Å². The number of esters is 1. The highest BCUT2D eigenvalue weighted by Gasteiger charge is 2.30. The molecule has 0 spiro atoms. The summed E-state index contributed by atoms with van der Waals surface area (Å²) < 4.78 is 10.5. The number of aromatic amines is 1. The highest BCUT2D eigenvalue weighted by atomic mass is 16.5. The van der Waals surface area contributed by atoms with Crippen LogP contribution in [0.2, 0.25) is 0 Å². The van der Waals surface area contributed by atoms with Crippen molar-refractivity contribution < 1.29 is 23.9 Å². The zero-order valence-electron chi connectivity index (χ0n) is 21.2. The van der Waals surface area contributed by atoms with E-state index in [0.717, 1.165) is 38.7 Å². The Hall–Kier alpha value is -4.59. The van der Waals surface area contributed by atoms with Crippen LogP contribution < -0.4 is 10.6 Å². The molecule has 3 N–H and O–H groups in total. The summed E-state index contributed by atoms with van der Waals surface area (Å²) in [5.41, 5.74) is 6.27. The number of carbonyl (C=O) groups excluding carboxylic acids is 3. The van der Waals surface area contributed by atoms with E-state index in [2.05, 4.69) is 27.8 Å². The third-order valence-electron chi connectivity index (χ3n) is 6.97. The molecule has 0 bridgehead atoms. The van der Waals surface area contributed by atoms with Crippen molar-refractivity contribution in [2.45, 2.75) is 31.3 Å². The molecule has 1 aromatic heterocycles. The minimum absolute atomic E-state index is 0.0860. The molecule has 1 aliphatic rings. The molecular formula is C30H29N3O5. The monoisotopic (exact) mass is 511 g/mol. The van der Waals surface area contributed by atoms with Crippen LogP contribution in [0.4, 0.5) is 4.79 Å². The summed E-state index contributed by atoms with van der Waals surface area (Å²) in [5.74, 6) is -1.18. The van der Waals surface area contributed by atoms with E-state index in [1.807, 2.05) is 66.9 Å². The van der Waals surface area contributed by atoms with Gasteiger partial charge in [-0.1, -0.05) is 66.7 Å². The molecular weight excluding hydrogens is 482 g/mol. The molecule has 8 nitrogen and oxygen atoms in total. The van der Waals surface area contributed by atoms with Crippen molar-refractivity contribution in [3.8, 4) is 11.1 Å². The van der Waals surface area contributed by atoms with E-state index in [1.54, 1.807) is 0 Å². The molecule has 4 aromatic rings. The summed E-state index contributed by atoms with van der Waals surface area (Å²) >= 11 is 0. The predicted molar refractivity (Wildman–Crippen MR) is 144 cm³/mol. The molecule has 0 aliphatic heterocycles. The van der Waals surface area contributed by atoms with Crippen LogP contribution in [-0.4, -0.2) is 48.8 Å². The van der Waals surface area contributed by atoms with Gasteiger partial charge < -0.3 is 25.1 Å². The van der Waals surface area contributed by atoms with E-state index in [1.165, 1.54) is 14.0 Å². The van der Waals surface area contributed by atoms with E-state index in [-0.39, 0.29) is 18.9 Å². The fourth-order valence-corrected chi connectivity index (χ4v) is 5.04. The first-order valence-electron chi connectivity index (χ1n) is 12.5. The molecule has 1 aliphatic carbocycles. The lowest BCUT2D eigenvalue weighted by Crippen LogP contribution is -2.51. The molecule has 8 heteroatoms. The van der Waals surface area contributed by atoms with E-state index in [0.29, 0.717) is 0 Å². The molecule has 1 heterocycles. The molecule has 0 saturated heterocycles. The second-order valence-electron chi connectivity index (χ2n) is 9.34. The second-order valence-corrected chi connectivity index (χ2v) is 9.34. The van der Waals surface area contributed by atoms with E-state index < -0.39 is 30.1 Å². The Morgan fingerprint density at radius 2 is 1.53 bits per heavy atom. The lowest BCUT2D eigenvalue weighted by molar-refractivity contribution is -0.145. The van der Waals surface area contributed by atoms with Gasteiger partial charge in [0.15, 0.2) is 0 Å². The zero-order chi connectivity index (χ0) is 26.6. The quantitative estimate of drug-likeness (QED) is 0.306.